The fourth-order valence-electron chi connectivity index (χ4n) is 0.622. The van der Waals surface area contributed by atoms with Crippen LogP contribution in [-0.2, 0) is 11.4 Å². The summed E-state index contributed by atoms with van der Waals surface area (Å²) in [6.07, 6.45) is 0. The summed E-state index contributed by atoms with van der Waals surface area (Å²) in [5.41, 5.74) is 0. The average Bonchev–Trinajstić information content (AvgIpc) is 2.32. The molecule has 9 heteroatoms. The lowest BCUT2D eigenvalue weighted by Crippen LogP contribution is -2.31. The van der Waals surface area contributed by atoms with Gasteiger partial charge >= 0.3 is 0 Å². The lowest BCUT2D eigenvalue weighted by Gasteiger charge is -2.24. The van der Waals surface area contributed by atoms with Crippen LogP contribution in [0.25, 0.3) is 0 Å². The van der Waals surface area contributed by atoms with Gasteiger partial charge in [0.15, 0.2) is 5.82 Å². The van der Waals surface area contributed by atoms with E-state index in [2.05, 4.69) is 15.5 Å². The Morgan fingerprint density at radius 2 is 1.69 bits per heavy atom. The number of halogens is 5. The predicted octanol–water partition coefficient (Wildman–Crippen LogP) is 2.21. The van der Waals surface area contributed by atoms with Crippen LogP contribution in [0.15, 0.2) is 0 Å². The minimum atomic E-state index is -1.90. The molecule has 1 heterocycles. The van der Waals surface area contributed by atoms with Gasteiger partial charge in [0, 0.05) is 7.05 Å². The standard InChI is InChI=1S/C4H3Cl5N4/c1-13-2(10-11-12-13)3(5,6)4(7,8)9/h1H3. The molecule has 4 nitrogen and oxygen atoms in total. The summed E-state index contributed by atoms with van der Waals surface area (Å²) in [7, 11) is 1.53. The van der Waals surface area contributed by atoms with Crippen molar-refractivity contribution in [1.29, 1.82) is 0 Å². The summed E-state index contributed by atoms with van der Waals surface area (Å²) in [4.78, 5) is 0. The lowest BCUT2D eigenvalue weighted by molar-refractivity contribution is 0.648. The molecule has 1 aromatic heterocycles. The molecule has 0 aliphatic rings. The highest BCUT2D eigenvalue weighted by Gasteiger charge is 2.51. The molecule has 0 atom stereocenters. The van der Waals surface area contributed by atoms with Crippen LogP contribution in [0.1, 0.15) is 5.82 Å². The molecule has 74 valence electrons. The summed E-state index contributed by atoms with van der Waals surface area (Å²) in [5, 5.41) is 10.4. The number of hydrogen-bond acceptors (Lipinski definition) is 3. The van der Waals surface area contributed by atoms with Crippen molar-refractivity contribution < 1.29 is 0 Å². The van der Waals surface area contributed by atoms with E-state index in [1.165, 1.54) is 11.7 Å². The molecular formula is C4H3Cl5N4. The fraction of sp³-hybridized carbons (Fsp3) is 0.750. The molecule has 0 fully saturated rings. The van der Waals surface area contributed by atoms with E-state index in [-0.39, 0.29) is 5.82 Å². The second-order valence-corrected chi connectivity index (χ2v) is 5.81. The third kappa shape index (κ3) is 2.13. The summed E-state index contributed by atoms with van der Waals surface area (Å²) >= 11 is 28.2. The molecule has 0 saturated heterocycles. The minimum Gasteiger partial charge on any atom is -0.230 e. The van der Waals surface area contributed by atoms with Crippen LogP contribution in [-0.4, -0.2) is 24.0 Å². The van der Waals surface area contributed by atoms with E-state index >= 15 is 0 Å². The van der Waals surface area contributed by atoms with Gasteiger partial charge < -0.3 is 0 Å². The van der Waals surface area contributed by atoms with Crippen molar-refractivity contribution in [2.75, 3.05) is 0 Å². The minimum absolute atomic E-state index is 0.0656. The SMILES string of the molecule is Cn1nnnc1C(Cl)(Cl)C(Cl)(Cl)Cl. The monoisotopic (exact) mass is 282 g/mol. The van der Waals surface area contributed by atoms with Crippen LogP contribution in [0.3, 0.4) is 0 Å². The maximum absolute atomic E-state index is 5.79. The highest BCUT2D eigenvalue weighted by atomic mass is 35.6. The number of alkyl halides is 5. The molecule has 0 radical (unpaired) electrons. The Balaban J connectivity index is 3.15. The molecule has 0 aliphatic heterocycles. The van der Waals surface area contributed by atoms with Gasteiger partial charge in [-0.1, -0.05) is 58.0 Å². The quantitative estimate of drug-likeness (QED) is 0.743. The zero-order valence-corrected chi connectivity index (χ0v) is 9.96. The highest BCUT2D eigenvalue weighted by molar-refractivity contribution is 6.75. The van der Waals surface area contributed by atoms with Crippen LogP contribution in [0.5, 0.6) is 0 Å². The van der Waals surface area contributed by atoms with E-state index in [1.54, 1.807) is 0 Å². The lowest BCUT2D eigenvalue weighted by atomic mass is 10.4. The normalized spacial score (nSPS) is 13.4. The molecule has 0 saturated carbocycles. The number of tetrazole rings is 1. The number of hydrogen-bond donors (Lipinski definition) is 0. The first-order valence-electron chi connectivity index (χ1n) is 2.94. The second kappa shape index (κ2) is 3.59. The molecule has 13 heavy (non-hydrogen) atoms. The molecule has 1 aromatic rings. The third-order valence-corrected chi connectivity index (χ3v) is 3.59. The molecule has 0 amide bonds. The molecular weight excluding hydrogens is 281 g/mol. The van der Waals surface area contributed by atoms with Crippen molar-refractivity contribution in [3.05, 3.63) is 5.82 Å². The number of aryl methyl sites for hydroxylation is 1. The summed E-state index contributed by atoms with van der Waals surface area (Å²) in [6.45, 7) is 0. The first-order valence-corrected chi connectivity index (χ1v) is 4.83. The van der Waals surface area contributed by atoms with Gasteiger partial charge in [0.1, 0.15) is 0 Å². The first-order chi connectivity index (χ1) is 5.77. The van der Waals surface area contributed by atoms with Crippen LogP contribution in [0.4, 0.5) is 0 Å². The van der Waals surface area contributed by atoms with E-state index in [1.807, 2.05) is 0 Å². The van der Waals surface area contributed by atoms with Gasteiger partial charge in [0.2, 0.25) is 8.13 Å². The predicted molar refractivity (Wildman–Crippen MR) is 52.5 cm³/mol. The summed E-state index contributed by atoms with van der Waals surface area (Å²) < 4.78 is -2.46. The molecule has 0 spiro atoms. The number of aromatic nitrogens is 4. The largest absolute Gasteiger partial charge is 0.230 e. The van der Waals surface area contributed by atoms with Crippen LogP contribution < -0.4 is 0 Å². The van der Waals surface area contributed by atoms with Gasteiger partial charge in [0.25, 0.3) is 0 Å². The van der Waals surface area contributed by atoms with Crippen molar-refractivity contribution in [2.24, 2.45) is 7.05 Å². The van der Waals surface area contributed by atoms with Crippen molar-refractivity contribution in [1.82, 2.24) is 20.2 Å². The Hall–Kier alpha value is 0.520. The second-order valence-electron chi connectivity index (χ2n) is 2.20. The van der Waals surface area contributed by atoms with Crippen LogP contribution in [0.2, 0.25) is 0 Å². The van der Waals surface area contributed by atoms with Crippen molar-refractivity contribution >= 4 is 58.0 Å². The van der Waals surface area contributed by atoms with Gasteiger partial charge in [-0.3, -0.25) is 0 Å². The van der Waals surface area contributed by atoms with Crippen molar-refractivity contribution in [2.45, 2.75) is 8.13 Å². The number of nitrogens with zero attached hydrogens (tertiary/aromatic N) is 4. The van der Waals surface area contributed by atoms with Crippen LogP contribution >= 0.6 is 58.0 Å². The molecule has 0 aliphatic carbocycles. The van der Waals surface area contributed by atoms with E-state index in [9.17, 15) is 0 Å². The maximum Gasteiger partial charge on any atom is 0.230 e. The number of rotatable bonds is 1. The average molecular weight is 284 g/mol. The van der Waals surface area contributed by atoms with Crippen molar-refractivity contribution in [3.63, 3.8) is 0 Å². The summed E-state index contributed by atoms with van der Waals surface area (Å²) in [5.74, 6) is 0.0656. The topological polar surface area (TPSA) is 43.6 Å². The van der Waals surface area contributed by atoms with E-state index in [4.69, 9.17) is 58.0 Å². The maximum atomic E-state index is 5.79. The van der Waals surface area contributed by atoms with E-state index < -0.39 is 8.13 Å². The molecule has 0 aromatic carbocycles. The molecule has 0 unspecified atom stereocenters. The highest BCUT2D eigenvalue weighted by Crippen LogP contribution is 2.51. The fourth-order valence-corrected chi connectivity index (χ4v) is 1.20. The van der Waals surface area contributed by atoms with E-state index in [0.29, 0.717) is 0 Å². The summed E-state index contributed by atoms with van der Waals surface area (Å²) in [6, 6.07) is 0. The van der Waals surface area contributed by atoms with E-state index in [0.717, 1.165) is 0 Å². The first kappa shape index (κ1) is 11.6. The molecule has 1 rings (SSSR count). The van der Waals surface area contributed by atoms with Crippen LogP contribution in [0, 0.1) is 0 Å². The van der Waals surface area contributed by atoms with Gasteiger partial charge in [-0.05, 0) is 10.4 Å². The molecule has 0 N–H and O–H groups in total. The van der Waals surface area contributed by atoms with Gasteiger partial charge in [-0.15, -0.1) is 5.10 Å². The zero-order valence-electron chi connectivity index (χ0n) is 6.18. The Bertz CT molecular complexity index is 302. The smallest absolute Gasteiger partial charge is 0.230 e. The Kier molecular flexibility index (Phi) is 3.20. The third-order valence-electron chi connectivity index (χ3n) is 1.26. The Labute approximate surface area is 99.0 Å². The van der Waals surface area contributed by atoms with Gasteiger partial charge in [-0.25, -0.2) is 4.68 Å². The zero-order chi connectivity index (χ0) is 10.3. The Morgan fingerprint density at radius 1 is 1.15 bits per heavy atom. The van der Waals surface area contributed by atoms with Gasteiger partial charge in [0.05, 0.1) is 0 Å². The van der Waals surface area contributed by atoms with Gasteiger partial charge in [-0.2, -0.15) is 0 Å². The Morgan fingerprint density at radius 3 is 2.00 bits per heavy atom. The van der Waals surface area contributed by atoms with Crippen molar-refractivity contribution in [3.8, 4) is 0 Å². The molecule has 0 bridgehead atoms.